The van der Waals surface area contributed by atoms with Crippen LogP contribution in [0, 0.1) is 0 Å². The predicted molar refractivity (Wildman–Crippen MR) is 57.6 cm³/mol. The van der Waals surface area contributed by atoms with Gasteiger partial charge in [-0.2, -0.15) is 0 Å². The standard InChI is InChI=1S/C10H20N2O3/c1-4-6-7-11-10(14)12(3)8-9(13)15-5-2/h4-8H2,1-3H3,(H,11,14). The van der Waals surface area contributed by atoms with Gasteiger partial charge in [-0.05, 0) is 13.3 Å². The Morgan fingerprint density at radius 1 is 1.33 bits per heavy atom. The molecule has 0 aromatic heterocycles. The number of hydrogen-bond acceptors (Lipinski definition) is 3. The maximum Gasteiger partial charge on any atom is 0.325 e. The molecule has 88 valence electrons. The fourth-order valence-electron chi connectivity index (χ4n) is 0.979. The topological polar surface area (TPSA) is 58.6 Å². The number of amides is 2. The van der Waals surface area contributed by atoms with Crippen LogP contribution in [0.15, 0.2) is 0 Å². The zero-order valence-corrected chi connectivity index (χ0v) is 9.71. The molecule has 1 N–H and O–H groups in total. The first-order chi connectivity index (χ1) is 7.11. The van der Waals surface area contributed by atoms with E-state index in [9.17, 15) is 9.59 Å². The van der Waals surface area contributed by atoms with Crippen LogP contribution in [-0.4, -0.2) is 43.6 Å². The summed E-state index contributed by atoms with van der Waals surface area (Å²) in [6.07, 6.45) is 1.97. The van der Waals surface area contributed by atoms with Crippen LogP contribution in [0.2, 0.25) is 0 Å². The summed E-state index contributed by atoms with van der Waals surface area (Å²) >= 11 is 0. The van der Waals surface area contributed by atoms with Gasteiger partial charge < -0.3 is 15.0 Å². The van der Waals surface area contributed by atoms with Crippen molar-refractivity contribution in [3.05, 3.63) is 0 Å². The highest BCUT2D eigenvalue weighted by Crippen LogP contribution is 1.89. The first-order valence-corrected chi connectivity index (χ1v) is 5.26. The van der Waals surface area contributed by atoms with Gasteiger partial charge in [-0.1, -0.05) is 13.3 Å². The van der Waals surface area contributed by atoms with Crippen LogP contribution in [0.3, 0.4) is 0 Å². The van der Waals surface area contributed by atoms with Gasteiger partial charge in [-0.3, -0.25) is 4.79 Å². The average Bonchev–Trinajstić information content (AvgIpc) is 2.18. The molecule has 0 atom stereocenters. The molecular formula is C10H20N2O3. The van der Waals surface area contributed by atoms with E-state index in [1.807, 2.05) is 0 Å². The molecule has 2 amide bonds. The lowest BCUT2D eigenvalue weighted by atomic mass is 10.3. The van der Waals surface area contributed by atoms with Crippen molar-refractivity contribution in [2.45, 2.75) is 26.7 Å². The molecule has 0 rings (SSSR count). The number of carbonyl (C=O) groups is 2. The Bertz CT molecular complexity index is 207. The molecule has 0 aliphatic carbocycles. The third kappa shape index (κ3) is 6.76. The summed E-state index contributed by atoms with van der Waals surface area (Å²) in [6, 6.07) is -0.239. The lowest BCUT2D eigenvalue weighted by Gasteiger charge is -2.16. The van der Waals surface area contributed by atoms with E-state index in [1.54, 1.807) is 14.0 Å². The number of nitrogens with zero attached hydrogens (tertiary/aromatic N) is 1. The minimum atomic E-state index is -0.384. The quantitative estimate of drug-likeness (QED) is 0.532. The SMILES string of the molecule is CCCCNC(=O)N(C)CC(=O)OCC. The summed E-state index contributed by atoms with van der Waals surface area (Å²) in [5, 5.41) is 2.71. The number of ether oxygens (including phenoxy) is 1. The van der Waals surface area contributed by atoms with Gasteiger partial charge in [-0.25, -0.2) is 4.79 Å². The fraction of sp³-hybridized carbons (Fsp3) is 0.800. The van der Waals surface area contributed by atoms with Crippen molar-refractivity contribution in [3.63, 3.8) is 0 Å². The molecule has 0 aliphatic heterocycles. The average molecular weight is 216 g/mol. The summed E-state index contributed by atoms with van der Waals surface area (Å²) in [5.74, 6) is -0.384. The van der Waals surface area contributed by atoms with Crippen molar-refractivity contribution in [1.82, 2.24) is 10.2 Å². The van der Waals surface area contributed by atoms with Gasteiger partial charge in [0.05, 0.1) is 6.61 Å². The monoisotopic (exact) mass is 216 g/mol. The molecule has 0 saturated heterocycles. The van der Waals surface area contributed by atoms with Gasteiger partial charge in [-0.15, -0.1) is 0 Å². The third-order valence-electron chi connectivity index (χ3n) is 1.82. The van der Waals surface area contributed by atoms with Crippen LogP contribution in [0.1, 0.15) is 26.7 Å². The minimum absolute atomic E-state index is 0.00814. The normalized spacial score (nSPS) is 9.53. The van der Waals surface area contributed by atoms with E-state index in [4.69, 9.17) is 4.74 Å². The highest BCUT2D eigenvalue weighted by atomic mass is 16.5. The first-order valence-electron chi connectivity index (χ1n) is 5.26. The van der Waals surface area contributed by atoms with Gasteiger partial charge in [0.15, 0.2) is 0 Å². The lowest BCUT2D eigenvalue weighted by Crippen LogP contribution is -2.40. The molecule has 0 spiro atoms. The second kappa shape index (κ2) is 8.08. The van der Waals surface area contributed by atoms with E-state index >= 15 is 0 Å². The van der Waals surface area contributed by atoms with E-state index < -0.39 is 0 Å². The van der Waals surface area contributed by atoms with E-state index in [2.05, 4.69) is 12.2 Å². The lowest BCUT2D eigenvalue weighted by molar-refractivity contribution is -0.143. The first kappa shape index (κ1) is 13.7. The summed E-state index contributed by atoms with van der Waals surface area (Å²) in [4.78, 5) is 23.7. The Morgan fingerprint density at radius 3 is 2.53 bits per heavy atom. The van der Waals surface area contributed by atoms with Crippen molar-refractivity contribution in [1.29, 1.82) is 0 Å². The maximum absolute atomic E-state index is 11.4. The third-order valence-corrected chi connectivity index (χ3v) is 1.82. The zero-order valence-electron chi connectivity index (χ0n) is 9.71. The molecule has 0 fully saturated rings. The summed E-state index contributed by atoms with van der Waals surface area (Å²) in [5.41, 5.74) is 0. The molecule has 5 heteroatoms. The molecular weight excluding hydrogens is 196 g/mol. The van der Waals surface area contributed by atoms with E-state index in [1.165, 1.54) is 4.90 Å². The van der Waals surface area contributed by atoms with Crippen LogP contribution in [0.5, 0.6) is 0 Å². The predicted octanol–water partition coefficient (Wildman–Crippen LogP) is 0.991. The molecule has 5 nitrogen and oxygen atoms in total. The number of unbranched alkanes of at least 4 members (excludes halogenated alkanes) is 1. The number of likely N-dealkylation sites (N-methyl/N-ethyl adjacent to an activating group) is 1. The number of carbonyl (C=O) groups excluding carboxylic acids is 2. The van der Waals surface area contributed by atoms with Crippen molar-refractivity contribution in [3.8, 4) is 0 Å². The van der Waals surface area contributed by atoms with Gasteiger partial charge in [0, 0.05) is 13.6 Å². The Kier molecular flexibility index (Phi) is 7.40. The minimum Gasteiger partial charge on any atom is -0.465 e. The van der Waals surface area contributed by atoms with Crippen molar-refractivity contribution in [2.24, 2.45) is 0 Å². The Balaban J connectivity index is 3.73. The zero-order chi connectivity index (χ0) is 11.7. The largest absolute Gasteiger partial charge is 0.465 e. The molecule has 0 saturated carbocycles. The van der Waals surface area contributed by atoms with Crippen LogP contribution >= 0.6 is 0 Å². The Morgan fingerprint density at radius 2 is 2.00 bits per heavy atom. The molecule has 15 heavy (non-hydrogen) atoms. The summed E-state index contributed by atoms with van der Waals surface area (Å²) in [6.45, 7) is 4.76. The van der Waals surface area contributed by atoms with Crippen LogP contribution in [0.25, 0.3) is 0 Å². The Labute approximate surface area is 90.8 Å². The number of esters is 1. The van der Waals surface area contributed by atoms with E-state index in [0.717, 1.165) is 12.8 Å². The number of rotatable bonds is 6. The van der Waals surface area contributed by atoms with Crippen molar-refractivity contribution in [2.75, 3.05) is 26.7 Å². The molecule has 0 aromatic carbocycles. The number of nitrogens with one attached hydrogen (secondary N) is 1. The molecule has 0 unspecified atom stereocenters. The molecule has 0 radical (unpaired) electrons. The number of hydrogen-bond donors (Lipinski definition) is 1. The van der Waals surface area contributed by atoms with Gasteiger partial charge in [0.2, 0.25) is 0 Å². The highest BCUT2D eigenvalue weighted by Gasteiger charge is 2.12. The molecule has 0 bridgehead atoms. The van der Waals surface area contributed by atoms with Crippen LogP contribution in [-0.2, 0) is 9.53 Å². The molecule has 0 heterocycles. The fourth-order valence-corrected chi connectivity index (χ4v) is 0.979. The van der Waals surface area contributed by atoms with Crippen LogP contribution in [0.4, 0.5) is 4.79 Å². The second-order valence-electron chi connectivity index (χ2n) is 3.25. The summed E-state index contributed by atoms with van der Waals surface area (Å²) < 4.78 is 4.73. The second-order valence-corrected chi connectivity index (χ2v) is 3.25. The van der Waals surface area contributed by atoms with Crippen molar-refractivity contribution < 1.29 is 14.3 Å². The van der Waals surface area contributed by atoms with E-state index in [0.29, 0.717) is 13.2 Å². The summed E-state index contributed by atoms with van der Waals surface area (Å²) in [7, 11) is 1.57. The van der Waals surface area contributed by atoms with Crippen molar-refractivity contribution >= 4 is 12.0 Å². The molecule has 0 aromatic rings. The van der Waals surface area contributed by atoms with E-state index in [-0.39, 0.29) is 18.5 Å². The maximum atomic E-state index is 11.4. The highest BCUT2D eigenvalue weighted by molar-refractivity contribution is 5.80. The molecule has 0 aliphatic rings. The smallest absolute Gasteiger partial charge is 0.325 e. The van der Waals surface area contributed by atoms with Gasteiger partial charge >= 0.3 is 12.0 Å². The van der Waals surface area contributed by atoms with Gasteiger partial charge in [0.25, 0.3) is 0 Å². The Hall–Kier alpha value is -1.26. The number of urea groups is 1. The van der Waals surface area contributed by atoms with Crippen LogP contribution < -0.4 is 5.32 Å². The van der Waals surface area contributed by atoms with Gasteiger partial charge in [0.1, 0.15) is 6.54 Å².